The maximum atomic E-state index is 5.21. The van der Waals surface area contributed by atoms with Gasteiger partial charge in [0.2, 0.25) is 0 Å². The van der Waals surface area contributed by atoms with Crippen molar-refractivity contribution in [3.63, 3.8) is 0 Å². The Hall–Kier alpha value is -1.41. The molecule has 1 heterocycles. The summed E-state index contributed by atoms with van der Waals surface area (Å²) < 4.78 is 5.21. The topological polar surface area (TPSA) is 9.23 Å². The Morgan fingerprint density at radius 1 is 1.06 bits per heavy atom. The molecular formula is C16H16OS. The van der Waals surface area contributed by atoms with Crippen LogP contribution in [0.3, 0.4) is 0 Å². The number of hydrogen-bond donors (Lipinski definition) is 0. The predicted octanol–water partition coefficient (Wildman–Crippen LogP) is 4.13. The highest BCUT2D eigenvalue weighted by Gasteiger charge is 2.20. The maximum Gasteiger partial charge on any atom is 0.118 e. The molecule has 0 N–H and O–H groups in total. The van der Waals surface area contributed by atoms with Gasteiger partial charge in [0.1, 0.15) is 5.75 Å². The van der Waals surface area contributed by atoms with Gasteiger partial charge in [0, 0.05) is 10.6 Å². The molecule has 0 saturated heterocycles. The van der Waals surface area contributed by atoms with E-state index >= 15 is 0 Å². The van der Waals surface area contributed by atoms with E-state index < -0.39 is 0 Å². The molecule has 1 aliphatic rings. The number of methoxy groups -OCH3 is 1. The van der Waals surface area contributed by atoms with Crippen molar-refractivity contribution in [2.75, 3.05) is 12.9 Å². The van der Waals surface area contributed by atoms with Crippen molar-refractivity contribution in [2.24, 2.45) is 0 Å². The van der Waals surface area contributed by atoms with Gasteiger partial charge in [-0.1, -0.05) is 30.3 Å². The molecule has 1 nitrogen and oxygen atoms in total. The molecule has 0 unspecified atom stereocenters. The first-order chi connectivity index (χ1) is 8.86. The summed E-state index contributed by atoms with van der Waals surface area (Å²) in [6.07, 6.45) is 1.15. The predicted molar refractivity (Wildman–Crippen MR) is 76.6 cm³/mol. The molecule has 0 amide bonds. The summed E-state index contributed by atoms with van der Waals surface area (Å²) in [7, 11) is 1.71. The van der Waals surface area contributed by atoms with E-state index in [0.29, 0.717) is 5.92 Å². The van der Waals surface area contributed by atoms with Crippen LogP contribution in [0.4, 0.5) is 0 Å². The zero-order valence-electron chi connectivity index (χ0n) is 10.4. The molecule has 0 aromatic heterocycles. The van der Waals surface area contributed by atoms with Crippen LogP contribution >= 0.6 is 11.8 Å². The fraction of sp³-hybridized carbons (Fsp3) is 0.250. The normalized spacial score (nSPS) is 18.2. The van der Waals surface area contributed by atoms with E-state index in [1.165, 1.54) is 21.8 Å². The SMILES string of the molecule is COc1ccc([C@H]2CSc3ccccc3C2)cc1. The molecule has 1 atom stereocenters. The lowest BCUT2D eigenvalue weighted by Gasteiger charge is -2.24. The van der Waals surface area contributed by atoms with Crippen LogP contribution in [0.1, 0.15) is 17.0 Å². The summed E-state index contributed by atoms with van der Waals surface area (Å²) in [5, 5.41) is 0. The third kappa shape index (κ3) is 2.25. The summed E-state index contributed by atoms with van der Waals surface area (Å²) in [5.41, 5.74) is 2.90. The Labute approximate surface area is 112 Å². The van der Waals surface area contributed by atoms with Crippen LogP contribution in [-0.4, -0.2) is 12.9 Å². The van der Waals surface area contributed by atoms with Gasteiger partial charge < -0.3 is 4.74 Å². The number of thioether (sulfide) groups is 1. The van der Waals surface area contributed by atoms with Crippen LogP contribution in [0.25, 0.3) is 0 Å². The number of rotatable bonds is 2. The van der Waals surface area contributed by atoms with E-state index in [1.54, 1.807) is 7.11 Å². The summed E-state index contributed by atoms with van der Waals surface area (Å²) in [4.78, 5) is 1.45. The Kier molecular flexibility index (Phi) is 3.28. The van der Waals surface area contributed by atoms with Gasteiger partial charge in [-0.2, -0.15) is 0 Å². The highest BCUT2D eigenvalue weighted by Crippen LogP contribution is 2.37. The standard InChI is InChI=1S/C16H16OS/c1-17-15-8-6-12(7-9-15)14-10-13-4-2-3-5-16(13)18-11-14/h2-9,14H,10-11H2,1H3/t14-/m1/s1. The molecule has 3 rings (SSSR count). The van der Waals surface area contributed by atoms with E-state index in [0.717, 1.165) is 12.2 Å². The molecule has 0 spiro atoms. The molecule has 18 heavy (non-hydrogen) atoms. The Bertz CT molecular complexity index is 533. The largest absolute Gasteiger partial charge is 0.497 e. The van der Waals surface area contributed by atoms with E-state index in [4.69, 9.17) is 4.74 Å². The van der Waals surface area contributed by atoms with Crippen LogP contribution in [0.5, 0.6) is 5.75 Å². The first-order valence-electron chi connectivity index (χ1n) is 6.21. The Morgan fingerprint density at radius 2 is 1.83 bits per heavy atom. The van der Waals surface area contributed by atoms with Crippen molar-refractivity contribution in [2.45, 2.75) is 17.2 Å². The molecule has 92 valence electrons. The van der Waals surface area contributed by atoms with Crippen molar-refractivity contribution in [1.82, 2.24) is 0 Å². The van der Waals surface area contributed by atoms with Gasteiger partial charge in [-0.15, -0.1) is 11.8 Å². The molecule has 0 saturated carbocycles. The molecule has 2 heteroatoms. The van der Waals surface area contributed by atoms with Gasteiger partial charge in [-0.05, 0) is 41.7 Å². The average molecular weight is 256 g/mol. The van der Waals surface area contributed by atoms with Gasteiger partial charge in [-0.25, -0.2) is 0 Å². The number of hydrogen-bond acceptors (Lipinski definition) is 2. The Balaban J connectivity index is 1.82. The minimum atomic E-state index is 0.621. The fourth-order valence-electron chi connectivity index (χ4n) is 2.42. The number of fused-ring (bicyclic) bond motifs is 1. The van der Waals surface area contributed by atoms with Crippen molar-refractivity contribution >= 4 is 11.8 Å². The van der Waals surface area contributed by atoms with Crippen molar-refractivity contribution in [1.29, 1.82) is 0 Å². The zero-order chi connectivity index (χ0) is 12.4. The van der Waals surface area contributed by atoms with Crippen LogP contribution in [0, 0.1) is 0 Å². The van der Waals surface area contributed by atoms with Crippen LogP contribution < -0.4 is 4.74 Å². The van der Waals surface area contributed by atoms with Gasteiger partial charge >= 0.3 is 0 Å². The van der Waals surface area contributed by atoms with Gasteiger partial charge in [-0.3, -0.25) is 0 Å². The second kappa shape index (κ2) is 5.07. The van der Waals surface area contributed by atoms with Crippen LogP contribution in [0.2, 0.25) is 0 Å². The van der Waals surface area contributed by atoms with Crippen LogP contribution in [-0.2, 0) is 6.42 Å². The molecular weight excluding hydrogens is 240 g/mol. The van der Waals surface area contributed by atoms with Crippen LogP contribution in [0.15, 0.2) is 53.4 Å². The zero-order valence-corrected chi connectivity index (χ0v) is 11.2. The third-order valence-corrected chi connectivity index (χ3v) is 4.74. The highest BCUT2D eigenvalue weighted by molar-refractivity contribution is 7.99. The monoisotopic (exact) mass is 256 g/mol. The maximum absolute atomic E-state index is 5.21. The molecule has 2 aromatic rings. The third-order valence-electron chi connectivity index (χ3n) is 3.47. The first kappa shape index (κ1) is 11.7. The van der Waals surface area contributed by atoms with E-state index in [2.05, 4.69) is 48.5 Å². The quantitative estimate of drug-likeness (QED) is 0.799. The van der Waals surface area contributed by atoms with Gasteiger partial charge in [0.05, 0.1) is 7.11 Å². The minimum Gasteiger partial charge on any atom is -0.497 e. The summed E-state index contributed by atoms with van der Waals surface area (Å²) >= 11 is 1.97. The molecule has 1 aliphatic heterocycles. The lowest BCUT2D eigenvalue weighted by Crippen LogP contribution is -2.11. The lowest BCUT2D eigenvalue weighted by atomic mass is 9.93. The highest BCUT2D eigenvalue weighted by atomic mass is 32.2. The molecule has 0 fully saturated rings. The van der Waals surface area contributed by atoms with E-state index in [9.17, 15) is 0 Å². The number of benzene rings is 2. The first-order valence-corrected chi connectivity index (χ1v) is 7.20. The van der Waals surface area contributed by atoms with Crippen molar-refractivity contribution in [3.8, 4) is 5.75 Å². The molecule has 0 aliphatic carbocycles. The molecule has 0 bridgehead atoms. The average Bonchev–Trinajstić information content (AvgIpc) is 2.47. The van der Waals surface area contributed by atoms with Gasteiger partial charge in [0.25, 0.3) is 0 Å². The van der Waals surface area contributed by atoms with Crippen molar-refractivity contribution < 1.29 is 4.74 Å². The fourth-order valence-corrected chi connectivity index (χ4v) is 3.62. The summed E-state index contributed by atoms with van der Waals surface area (Å²) in [6, 6.07) is 17.2. The van der Waals surface area contributed by atoms with Crippen molar-refractivity contribution in [3.05, 3.63) is 59.7 Å². The second-order valence-corrected chi connectivity index (χ2v) is 5.65. The van der Waals surface area contributed by atoms with E-state index in [-0.39, 0.29) is 0 Å². The second-order valence-electron chi connectivity index (χ2n) is 4.59. The molecule has 2 aromatic carbocycles. The summed E-state index contributed by atoms with van der Waals surface area (Å²) in [5.74, 6) is 2.72. The lowest BCUT2D eigenvalue weighted by molar-refractivity contribution is 0.414. The Morgan fingerprint density at radius 3 is 2.61 bits per heavy atom. The summed E-state index contributed by atoms with van der Waals surface area (Å²) in [6.45, 7) is 0. The number of ether oxygens (including phenoxy) is 1. The molecule has 0 radical (unpaired) electrons. The minimum absolute atomic E-state index is 0.621. The van der Waals surface area contributed by atoms with Gasteiger partial charge in [0.15, 0.2) is 0 Å². The smallest absolute Gasteiger partial charge is 0.118 e. The van der Waals surface area contributed by atoms with E-state index in [1.807, 2.05) is 11.8 Å².